The Bertz CT molecular complexity index is 606. The molecule has 0 aromatic heterocycles. The molecule has 0 spiro atoms. The van der Waals surface area contributed by atoms with E-state index in [0.29, 0.717) is 17.0 Å². The number of rotatable bonds is 7. The first kappa shape index (κ1) is 25.3. The number of carbonyl (C=O) groups is 2. The summed E-state index contributed by atoms with van der Waals surface area (Å²) in [4.78, 5) is 20.4. The minimum absolute atomic E-state index is 0.189. The van der Waals surface area contributed by atoms with E-state index in [1.165, 1.54) is 0 Å². The van der Waals surface area contributed by atoms with Crippen LogP contribution < -0.4 is 0 Å². The maximum Gasteiger partial charge on any atom is 0.335 e. The fraction of sp³-hybridized carbons (Fsp3) is 0.364. The lowest BCUT2D eigenvalue weighted by Crippen LogP contribution is -2.04. The highest BCUT2D eigenvalue weighted by molar-refractivity contribution is 5.87. The Labute approximate surface area is 166 Å². The van der Waals surface area contributed by atoms with Gasteiger partial charge in [-0.3, -0.25) is 0 Å². The Morgan fingerprint density at radius 2 is 1.18 bits per heavy atom. The highest BCUT2D eigenvalue weighted by atomic mass is 16.4. The van der Waals surface area contributed by atoms with E-state index in [-0.39, 0.29) is 12.7 Å². The topological polar surface area (TPSA) is 115 Å². The molecule has 6 nitrogen and oxygen atoms in total. The summed E-state index contributed by atoms with van der Waals surface area (Å²) in [5, 5.41) is 34.3. The highest BCUT2D eigenvalue weighted by Crippen LogP contribution is 2.08. The van der Waals surface area contributed by atoms with Crippen molar-refractivity contribution < 1.29 is 30.0 Å². The Hall–Kier alpha value is -2.70. The molecule has 2 atom stereocenters. The first-order valence-electron chi connectivity index (χ1n) is 9.13. The molecule has 2 rings (SSSR count). The van der Waals surface area contributed by atoms with Gasteiger partial charge in [-0.1, -0.05) is 49.7 Å². The van der Waals surface area contributed by atoms with Gasteiger partial charge in [-0.25, -0.2) is 9.59 Å². The van der Waals surface area contributed by atoms with Crippen molar-refractivity contribution in [3.05, 3.63) is 71.8 Å². The van der Waals surface area contributed by atoms with Crippen LogP contribution in [-0.4, -0.2) is 45.1 Å². The third-order valence-corrected chi connectivity index (χ3v) is 3.67. The van der Waals surface area contributed by atoms with Crippen molar-refractivity contribution in [2.75, 3.05) is 6.61 Å². The molecule has 2 unspecified atom stereocenters. The minimum Gasteiger partial charge on any atom is -0.478 e. The summed E-state index contributed by atoms with van der Waals surface area (Å²) in [6.45, 7) is 4.07. The number of hydrogen-bond donors (Lipinski definition) is 4. The van der Waals surface area contributed by atoms with Crippen molar-refractivity contribution in [3.8, 4) is 0 Å². The van der Waals surface area contributed by atoms with Crippen molar-refractivity contribution in [2.24, 2.45) is 5.92 Å². The Balaban J connectivity index is 0.000000391. The molecule has 2 aromatic rings. The number of aliphatic hydroxyl groups is 2. The Morgan fingerprint density at radius 3 is 1.43 bits per heavy atom. The van der Waals surface area contributed by atoms with Gasteiger partial charge in [-0.15, -0.1) is 0 Å². The van der Waals surface area contributed by atoms with E-state index in [1.54, 1.807) is 67.6 Å². The van der Waals surface area contributed by atoms with E-state index in [9.17, 15) is 9.59 Å². The molecular formula is C22H30O6. The van der Waals surface area contributed by atoms with Gasteiger partial charge in [-0.05, 0) is 49.9 Å². The van der Waals surface area contributed by atoms with Crippen LogP contribution in [0.25, 0.3) is 0 Å². The summed E-state index contributed by atoms with van der Waals surface area (Å²) in [6, 6.07) is 16.6. The minimum atomic E-state index is -0.879. The maximum absolute atomic E-state index is 10.2. The smallest absolute Gasteiger partial charge is 0.335 e. The van der Waals surface area contributed by atoms with Gasteiger partial charge in [0.25, 0.3) is 0 Å². The van der Waals surface area contributed by atoms with Crippen molar-refractivity contribution in [1.29, 1.82) is 0 Å². The molecule has 0 aliphatic carbocycles. The van der Waals surface area contributed by atoms with Crippen LogP contribution in [0.5, 0.6) is 0 Å². The lowest BCUT2D eigenvalue weighted by atomic mass is 10.0. The molecule has 2 aromatic carbocycles. The molecule has 0 saturated carbocycles. The van der Waals surface area contributed by atoms with Gasteiger partial charge in [0.15, 0.2) is 0 Å². The first-order valence-corrected chi connectivity index (χ1v) is 9.13. The van der Waals surface area contributed by atoms with Crippen LogP contribution >= 0.6 is 0 Å². The SMILES string of the molecule is CC(O)CCCC(C)CO.O=C(O)c1ccccc1.O=C(O)c1ccccc1. The van der Waals surface area contributed by atoms with Crippen LogP contribution in [0, 0.1) is 5.92 Å². The number of aromatic carboxylic acids is 2. The van der Waals surface area contributed by atoms with Gasteiger partial charge in [0.1, 0.15) is 0 Å². The van der Waals surface area contributed by atoms with E-state index in [1.807, 2.05) is 6.92 Å². The molecule has 0 bridgehead atoms. The molecule has 0 radical (unpaired) electrons. The van der Waals surface area contributed by atoms with Gasteiger partial charge >= 0.3 is 11.9 Å². The highest BCUT2D eigenvalue weighted by Gasteiger charge is 2.01. The van der Waals surface area contributed by atoms with Crippen LogP contribution in [0.3, 0.4) is 0 Å². The lowest BCUT2D eigenvalue weighted by molar-refractivity contribution is 0.0686. The van der Waals surface area contributed by atoms with Crippen LogP contribution in [-0.2, 0) is 0 Å². The summed E-state index contributed by atoms with van der Waals surface area (Å²) < 4.78 is 0. The summed E-state index contributed by atoms with van der Waals surface area (Å²) in [7, 11) is 0. The molecule has 0 amide bonds. The Morgan fingerprint density at radius 1 is 0.786 bits per heavy atom. The molecular weight excluding hydrogens is 360 g/mol. The summed E-state index contributed by atoms with van der Waals surface area (Å²) in [5.41, 5.74) is 0.662. The number of carboxylic acids is 2. The molecule has 0 saturated heterocycles. The molecule has 0 aliphatic heterocycles. The maximum atomic E-state index is 10.2. The van der Waals surface area contributed by atoms with Gasteiger partial charge in [0, 0.05) is 6.61 Å². The largest absolute Gasteiger partial charge is 0.478 e. The average Bonchev–Trinajstić information content (AvgIpc) is 2.70. The van der Waals surface area contributed by atoms with Gasteiger partial charge < -0.3 is 20.4 Å². The zero-order chi connectivity index (χ0) is 21.4. The zero-order valence-electron chi connectivity index (χ0n) is 16.4. The van der Waals surface area contributed by atoms with Crippen LogP contribution in [0.2, 0.25) is 0 Å². The number of aliphatic hydroxyl groups excluding tert-OH is 2. The quantitative estimate of drug-likeness (QED) is 0.569. The normalized spacial score (nSPS) is 11.7. The molecule has 154 valence electrons. The number of benzene rings is 2. The zero-order valence-corrected chi connectivity index (χ0v) is 16.4. The second-order valence-corrected chi connectivity index (χ2v) is 6.41. The predicted octanol–water partition coefficient (Wildman–Crippen LogP) is 3.94. The van der Waals surface area contributed by atoms with Crippen molar-refractivity contribution in [3.63, 3.8) is 0 Å². The van der Waals surface area contributed by atoms with E-state index < -0.39 is 11.9 Å². The third kappa shape index (κ3) is 13.5. The summed E-state index contributed by atoms with van der Waals surface area (Å²) in [5.74, 6) is -1.37. The van der Waals surface area contributed by atoms with Gasteiger partial charge in [-0.2, -0.15) is 0 Å². The van der Waals surface area contributed by atoms with Crippen LogP contribution in [0.15, 0.2) is 60.7 Å². The lowest BCUT2D eigenvalue weighted by Gasteiger charge is -2.07. The van der Waals surface area contributed by atoms with Gasteiger partial charge in [0.2, 0.25) is 0 Å². The predicted molar refractivity (Wildman–Crippen MR) is 109 cm³/mol. The second-order valence-electron chi connectivity index (χ2n) is 6.41. The van der Waals surface area contributed by atoms with Crippen molar-refractivity contribution in [2.45, 2.75) is 39.2 Å². The van der Waals surface area contributed by atoms with Crippen molar-refractivity contribution >= 4 is 11.9 Å². The van der Waals surface area contributed by atoms with Gasteiger partial charge in [0.05, 0.1) is 17.2 Å². The average molecular weight is 390 g/mol. The molecule has 0 aliphatic rings. The number of hydrogen-bond acceptors (Lipinski definition) is 4. The van der Waals surface area contributed by atoms with E-state index in [4.69, 9.17) is 20.4 Å². The molecule has 0 heterocycles. The summed E-state index contributed by atoms with van der Waals surface area (Å²) >= 11 is 0. The first-order chi connectivity index (χ1) is 13.3. The molecule has 4 N–H and O–H groups in total. The van der Waals surface area contributed by atoms with E-state index >= 15 is 0 Å². The standard InChI is InChI=1S/C8H18O2.2C7H6O2/c1-7(6-9)4-3-5-8(2)10;2*8-7(9)6-4-2-1-3-5-6/h7-10H,3-6H2,1-2H3;2*1-5H,(H,8,9). The molecule has 6 heteroatoms. The molecule has 28 heavy (non-hydrogen) atoms. The fourth-order valence-electron chi connectivity index (χ4n) is 2.01. The van der Waals surface area contributed by atoms with E-state index in [0.717, 1.165) is 19.3 Å². The van der Waals surface area contributed by atoms with Crippen molar-refractivity contribution in [1.82, 2.24) is 0 Å². The van der Waals surface area contributed by atoms with Crippen LogP contribution in [0.1, 0.15) is 53.8 Å². The summed E-state index contributed by atoms with van der Waals surface area (Å²) in [6.07, 6.45) is 2.69. The fourth-order valence-corrected chi connectivity index (χ4v) is 2.01. The Kier molecular flexibility index (Phi) is 13.9. The molecule has 0 fully saturated rings. The number of carboxylic acid groups (broad SMARTS) is 2. The van der Waals surface area contributed by atoms with Crippen LogP contribution in [0.4, 0.5) is 0 Å². The third-order valence-electron chi connectivity index (χ3n) is 3.67. The second kappa shape index (κ2) is 15.4. The monoisotopic (exact) mass is 390 g/mol. The van der Waals surface area contributed by atoms with E-state index in [2.05, 4.69) is 0 Å².